The smallest absolute Gasteiger partial charge is 0.155 e. The second-order valence-electron chi connectivity index (χ2n) is 4.00. The molecule has 0 radical (unpaired) electrons. The molecule has 20 heavy (non-hydrogen) atoms. The van der Waals surface area contributed by atoms with Gasteiger partial charge >= 0.3 is 0 Å². The SMILES string of the molecule is C.CC.CC.CCC(=O)C=C1CCCc2ccccc21. The van der Waals surface area contributed by atoms with Gasteiger partial charge in [0.2, 0.25) is 0 Å². The molecule has 1 aromatic carbocycles. The summed E-state index contributed by atoms with van der Waals surface area (Å²) in [5.74, 6) is 0.238. The van der Waals surface area contributed by atoms with E-state index in [9.17, 15) is 4.79 Å². The molecule has 0 heterocycles. The molecular weight excluding hydrogens is 244 g/mol. The summed E-state index contributed by atoms with van der Waals surface area (Å²) in [6.07, 6.45) is 5.79. The van der Waals surface area contributed by atoms with Crippen LogP contribution in [0.4, 0.5) is 0 Å². The maximum atomic E-state index is 11.4. The molecule has 0 saturated heterocycles. The lowest BCUT2D eigenvalue weighted by molar-refractivity contribution is -0.114. The van der Waals surface area contributed by atoms with Crippen molar-refractivity contribution in [2.45, 2.75) is 67.7 Å². The zero-order valence-electron chi connectivity index (χ0n) is 13.1. The monoisotopic (exact) mass is 276 g/mol. The zero-order valence-corrected chi connectivity index (χ0v) is 13.1. The highest BCUT2D eigenvalue weighted by Crippen LogP contribution is 2.30. The van der Waals surface area contributed by atoms with Gasteiger partial charge in [0, 0.05) is 6.42 Å². The first-order valence-electron chi connectivity index (χ1n) is 7.63. The molecule has 1 nitrogen and oxygen atoms in total. The van der Waals surface area contributed by atoms with Crippen LogP contribution >= 0.6 is 0 Å². The van der Waals surface area contributed by atoms with Crippen molar-refractivity contribution in [1.82, 2.24) is 0 Å². The van der Waals surface area contributed by atoms with Gasteiger partial charge in [0.05, 0.1) is 0 Å². The van der Waals surface area contributed by atoms with E-state index in [1.165, 1.54) is 23.1 Å². The molecule has 1 heteroatoms. The average molecular weight is 276 g/mol. The Hall–Kier alpha value is -1.37. The van der Waals surface area contributed by atoms with E-state index >= 15 is 0 Å². The Kier molecular flexibility index (Phi) is 13.2. The normalized spacial score (nSPS) is 13.8. The highest BCUT2D eigenvalue weighted by molar-refractivity contribution is 5.97. The number of carbonyl (C=O) groups is 1. The standard InChI is InChI=1S/C14H16O.2C2H6.CH4/c1-2-13(15)10-12-8-5-7-11-6-3-4-9-14(11)12;2*1-2;/h3-4,6,9-10H,2,5,7-8H2,1H3;2*1-2H3;1H4. The Balaban J connectivity index is 0. The number of hydrogen-bond acceptors (Lipinski definition) is 1. The minimum Gasteiger partial charge on any atom is -0.295 e. The molecule has 0 aromatic heterocycles. The van der Waals surface area contributed by atoms with E-state index < -0.39 is 0 Å². The number of rotatable bonds is 2. The van der Waals surface area contributed by atoms with Crippen molar-refractivity contribution in [1.29, 1.82) is 0 Å². The van der Waals surface area contributed by atoms with Gasteiger partial charge in [0.25, 0.3) is 0 Å². The summed E-state index contributed by atoms with van der Waals surface area (Å²) in [7, 11) is 0. The molecule has 114 valence electrons. The van der Waals surface area contributed by atoms with Crippen LogP contribution in [0.15, 0.2) is 30.3 Å². The van der Waals surface area contributed by atoms with Crippen molar-refractivity contribution >= 4 is 11.4 Å². The van der Waals surface area contributed by atoms with Crippen LogP contribution in [-0.4, -0.2) is 5.78 Å². The predicted molar refractivity (Wildman–Crippen MR) is 92.1 cm³/mol. The zero-order chi connectivity index (χ0) is 14.7. The van der Waals surface area contributed by atoms with E-state index in [0.29, 0.717) is 6.42 Å². The highest BCUT2D eigenvalue weighted by atomic mass is 16.1. The van der Waals surface area contributed by atoms with Crippen LogP contribution in [0.25, 0.3) is 5.57 Å². The minimum absolute atomic E-state index is 0. The Labute approximate surface area is 126 Å². The van der Waals surface area contributed by atoms with Crippen molar-refractivity contribution < 1.29 is 4.79 Å². The van der Waals surface area contributed by atoms with Crippen molar-refractivity contribution in [3.63, 3.8) is 0 Å². The molecule has 1 aliphatic rings. The fraction of sp³-hybridized carbons (Fsp3) is 0.526. The first-order chi connectivity index (χ1) is 9.31. The molecule has 0 unspecified atom stereocenters. The second-order valence-corrected chi connectivity index (χ2v) is 4.00. The van der Waals surface area contributed by atoms with Crippen molar-refractivity contribution in [2.75, 3.05) is 0 Å². The Morgan fingerprint density at radius 1 is 1.10 bits per heavy atom. The Bertz CT molecular complexity index is 402. The summed E-state index contributed by atoms with van der Waals surface area (Å²) in [6, 6.07) is 8.42. The maximum absolute atomic E-state index is 11.4. The van der Waals surface area contributed by atoms with E-state index in [1.54, 1.807) is 0 Å². The number of fused-ring (bicyclic) bond motifs is 1. The number of ketones is 1. The molecule has 0 atom stereocenters. The Morgan fingerprint density at radius 3 is 2.30 bits per heavy atom. The van der Waals surface area contributed by atoms with Crippen molar-refractivity contribution in [3.05, 3.63) is 41.5 Å². The molecule has 0 aliphatic heterocycles. The molecule has 0 saturated carbocycles. The van der Waals surface area contributed by atoms with Crippen LogP contribution in [0.2, 0.25) is 0 Å². The van der Waals surface area contributed by atoms with E-state index in [0.717, 1.165) is 12.8 Å². The number of hydrogen-bond donors (Lipinski definition) is 0. The summed E-state index contributed by atoms with van der Waals surface area (Å²) < 4.78 is 0. The molecule has 0 N–H and O–H groups in total. The molecule has 2 rings (SSSR count). The van der Waals surface area contributed by atoms with Crippen LogP contribution in [0.3, 0.4) is 0 Å². The summed E-state index contributed by atoms with van der Waals surface area (Å²) in [5, 5.41) is 0. The summed E-state index contributed by atoms with van der Waals surface area (Å²) in [6.45, 7) is 9.91. The molecule has 1 aliphatic carbocycles. The van der Waals surface area contributed by atoms with Gasteiger partial charge in [-0.25, -0.2) is 0 Å². The third kappa shape index (κ3) is 6.18. The van der Waals surface area contributed by atoms with Gasteiger partial charge in [-0.05, 0) is 42.0 Å². The quantitative estimate of drug-likeness (QED) is 0.599. The third-order valence-electron chi connectivity index (χ3n) is 2.94. The maximum Gasteiger partial charge on any atom is 0.155 e. The molecular formula is C19H32O. The molecule has 0 bridgehead atoms. The fourth-order valence-electron chi connectivity index (χ4n) is 2.10. The highest BCUT2D eigenvalue weighted by Gasteiger charge is 2.13. The number of carbonyl (C=O) groups excluding carboxylic acids is 1. The predicted octanol–water partition coefficient (Wildman–Crippen LogP) is 6.07. The van der Waals surface area contributed by atoms with Gasteiger partial charge in [-0.2, -0.15) is 0 Å². The lowest BCUT2D eigenvalue weighted by atomic mass is 9.87. The van der Waals surface area contributed by atoms with E-state index in [4.69, 9.17) is 0 Å². The lowest BCUT2D eigenvalue weighted by Crippen LogP contribution is -2.03. The first kappa shape index (κ1) is 20.9. The second kappa shape index (κ2) is 12.7. The number of benzene rings is 1. The van der Waals surface area contributed by atoms with Gasteiger partial charge in [-0.15, -0.1) is 0 Å². The largest absolute Gasteiger partial charge is 0.295 e. The average Bonchev–Trinajstić information content (AvgIpc) is 2.51. The van der Waals surface area contributed by atoms with Crippen molar-refractivity contribution in [2.24, 2.45) is 0 Å². The summed E-state index contributed by atoms with van der Waals surface area (Å²) in [4.78, 5) is 11.4. The van der Waals surface area contributed by atoms with Crippen molar-refractivity contribution in [3.8, 4) is 0 Å². The van der Waals surface area contributed by atoms with Crippen LogP contribution in [0.1, 0.15) is 72.4 Å². The first-order valence-corrected chi connectivity index (χ1v) is 7.63. The van der Waals surface area contributed by atoms with Gasteiger partial charge in [0.15, 0.2) is 5.78 Å². The third-order valence-corrected chi connectivity index (χ3v) is 2.94. The summed E-state index contributed by atoms with van der Waals surface area (Å²) >= 11 is 0. The van der Waals surface area contributed by atoms with E-state index in [-0.39, 0.29) is 13.2 Å². The Morgan fingerprint density at radius 2 is 1.70 bits per heavy atom. The van der Waals surface area contributed by atoms with Gasteiger partial charge in [-0.3, -0.25) is 4.79 Å². The summed E-state index contributed by atoms with van der Waals surface area (Å²) in [5.41, 5.74) is 3.90. The lowest BCUT2D eigenvalue weighted by Gasteiger charge is -2.18. The van der Waals surface area contributed by atoms with Crippen LogP contribution in [0, 0.1) is 0 Å². The fourth-order valence-corrected chi connectivity index (χ4v) is 2.10. The van der Waals surface area contributed by atoms with Gasteiger partial charge in [0.1, 0.15) is 0 Å². The van der Waals surface area contributed by atoms with Gasteiger partial charge < -0.3 is 0 Å². The number of allylic oxidation sites excluding steroid dienone is 2. The number of aryl methyl sites for hydroxylation is 1. The molecule has 0 fully saturated rings. The van der Waals surface area contributed by atoms with Crippen LogP contribution in [-0.2, 0) is 11.2 Å². The minimum atomic E-state index is 0. The van der Waals surface area contributed by atoms with Gasteiger partial charge in [-0.1, -0.05) is 66.3 Å². The van der Waals surface area contributed by atoms with Crippen LogP contribution < -0.4 is 0 Å². The molecule has 0 spiro atoms. The molecule has 1 aromatic rings. The molecule has 0 amide bonds. The van der Waals surface area contributed by atoms with E-state index in [1.807, 2.05) is 40.7 Å². The van der Waals surface area contributed by atoms with E-state index in [2.05, 4.69) is 24.3 Å². The van der Waals surface area contributed by atoms with Crippen LogP contribution in [0.5, 0.6) is 0 Å². The topological polar surface area (TPSA) is 17.1 Å².